The van der Waals surface area contributed by atoms with Crippen molar-refractivity contribution < 1.29 is 27.5 Å². The van der Waals surface area contributed by atoms with Crippen molar-refractivity contribution in [2.24, 2.45) is 0 Å². The first-order valence-corrected chi connectivity index (χ1v) is 14.5. The van der Waals surface area contributed by atoms with Gasteiger partial charge < -0.3 is 19.7 Å². The van der Waals surface area contributed by atoms with Gasteiger partial charge in [-0.05, 0) is 66.9 Å². The molecule has 0 saturated heterocycles. The molecule has 1 N–H and O–H groups in total. The van der Waals surface area contributed by atoms with Crippen LogP contribution in [-0.2, 0) is 19.4 Å². The lowest BCUT2D eigenvalue weighted by Gasteiger charge is -2.16. The van der Waals surface area contributed by atoms with Crippen LogP contribution in [0, 0.1) is 6.92 Å². The fourth-order valence-corrected chi connectivity index (χ4v) is 5.04. The number of anilines is 1. The van der Waals surface area contributed by atoms with Gasteiger partial charge in [-0.1, -0.05) is 39.0 Å². The molecule has 2 aromatic rings. The van der Waals surface area contributed by atoms with Crippen LogP contribution in [-0.4, -0.2) is 58.9 Å². The number of carbonyl (C=O) groups excluding carboxylic acids is 2. The lowest BCUT2D eigenvalue weighted by Crippen LogP contribution is -2.25. The van der Waals surface area contributed by atoms with E-state index in [2.05, 4.69) is 12.2 Å². The average molecular weight is 545 g/mol. The van der Waals surface area contributed by atoms with E-state index < -0.39 is 21.7 Å². The third-order valence-corrected chi connectivity index (χ3v) is 7.78. The summed E-state index contributed by atoms with van der Waals surface area (Å²) in [7, 11) is 0.858. The molecule has 38 heavy (non-hydrogen) atoms. The molecule has 9 heteroatoms. The Labute approximate surface area is 226 Å². The van der Waals surface area contributed by atoms with Gasteiger partial charge in [-0.2, -0.15) is 0 Å². The highest BCUT2D eigenvalue weighted by molar-refractivity contribution is 7.91. The molecule has 0 unspecified atom stereocenters. The van der Waals surface area contributed by atoms with Gasteiger partial charge in [0.1, 0.15) is 11.6 Å². The van der Waals surface area contributed by atoms with E-state index in [1.165, 1.54) is 58.1 Å². The molecule has 1 amide bonds. The highest BCUT2D eigenvalue weighted by Gasteiger charge is 2.19. The highest BCUT2D eigenvalue weighted by atomic mass is 32.2. The molecule has 0 atom stereocenters. The molecule has 8 nitrogen and oxygen atoms in total. The third-order valence-electron chi connectivity index (χ3n) is 6.26. The van der Waals surface area contributed by atoms with Crippen molar-refractivity contribution in [3.63, 3.8) is 0 Å². The van der Waals surface area contributed by atoms with Crippen LogP contribution in [0.1, 0.15) is 66.9 Å². The van der Waals surface area contributed by atoms with E-state index in [4.69, 9.17) is 9.47 Å². The summed E-state index contributed by atoms with van der Waals surface area (Å²) in [4.78, 5) is 26.9. The second kappa shape index (κ2) is 15.2. The Bertz CT molecular complexity index is 1210. The average Bonchev–Trinajstić information content (AvgIpc) is 2.92. The number of nitrogens with zero attached hydrogens (tertiary/aromatic N) is 1. The van der Waals surface area contributed by atoms with Crippen LogP contribution in [0.2, 0.25) is 0 Å². The van der Waals surface area contributed by atoms with Crippen molar-refractivity contribution in [3.05, 3.63) is 59.2 Å². The number of rotatable bonds is 15. The number of ether oxygens (including phenoxy) is 2. The van der Waals surface area contributed by atoms with Crippen LogP contribution in [0.25, 0.3) is 6.08 Å². The van der Waals surface area contributed by atoms with Crippen LogP contribution in [0.15, 0.2) is 47.4 Å². The van der Waals surface area contributed by atoms with Gasteiger partial charge in [-0.3, -0.25) is 4.79 Å². The highest BCUT2D eigenvalue weighted by Crippen LogP contribution is 2.26. The fourth-order valence-electron chi connectivity index (χ4n) is 3.98. The number of hydrogen-bond donors (Lipinski definition) is 1. The van der Waals surface area contributed by atoms with Gasteiger partial charge in [-0.15, -0.1) is 0 Å². The number of hydrogen-bond acceptors (Lipinski definition) is 7. The molecule has 2 aromatic carbocycles. The summed E-state index contributed by atoms with van der Waals surface area (Å²) in [6.45, 7) is 4.64. The topological polar surface area (TPSA) is 102 Å². The number of benzene rings is 2. The minimum Gasteiger partial charge on any atom is -0.497 e. The zero-order valence-corrected chi connectivity index (χ0v) is 23.9. The number of likely N-dealkylation sites (N-methyl/N-ethyl adjacent to an activating group) is 1. The van der Waals surface area contributed by atoms with Gasteiger partial charge in [0.05, 0.1) is 30.4 Å². The van der Waals surface area contributed by atoms with Gasteiger partial charge in [0, 0.05) is 19.7 Å². The number of esters is 1. The van der Waals surface area contributed by atoms with E-state index in [0.717, 1.165) is 12.8 Å². The number of sulfone groups is 1. The summed E-state index contributed by atoms with van der Waals surface area (Å²) in [6.07, 6.45) is 10.1. The molecule has 0 bridgehead atoms. The summed E-state index contributed by atoms with van der Waals surface area (Å²) < 4.78 is 35.7. The van der Waals surface area contributed by atoms with E-state index in [0.29, 0.717) is 29.1 Å². The Kier molecular flexibility index (Phi) is 12.3. The summed E-state index contributed by atoms with van der Waals surface area (Å²) in [5.41, 5.74) is 1.82. The Morgan fingerprint density at radius 1 is 1.00 bits per heavy atom. The van der Waals surface area contributed by atoms with Gasteiger partial charge in [-0.25, -0.2) is 13.2 Å². The second-order valence-electron chi connectivity index (χ2n) is 9.22. The number of carbonyl (C=O) groups is 2. The number of methoxy groups -OCH3 is 2. The SMILES string of the molecule is CCCCCCCCN(C)C(=O)/C=C/c1cc(C)c(NCS(=O)(=O)c2ccc(OC)cc2)c(C(=O)OC)c1. The molecule has 0 aliphatic rings. The predicted molar refractivity (Wildman–Crippen MR) is 151 cm³/mol. The Balaban J connectivity index is 2.12. The van der Waals surface area contributed by atoms with Crippen LogP contribution in [0.5, 0.6) is 5.75 Å². The fraction of sp³-hybridized carbons (Fsp3) is 0.448. The number of unbranched alkanes of at least 4 members (excludes halogenated alkanes) is 5. The van der Waals surface area contributed by atoms with Crippen molar-refractivity contribution in [2.45, 2.75) is 57.3 Å². The Hall–Kier alpha value is -3.33. The first-order valence-electron chi connectivity index (χ1n) is 12.9. The van der Waals surface area contributed by atoms with Crippen molar-refractivity contribution in [2.75, 3.05) is 39.0 Å². The van der Waals surface area contributed by atoms with Crippen LogP contribution in [0.3, 0.4) is 0 Å². The molecule has 0 aliphatic carbocycles. The van der Waals surface area contributed by atoms with E-state index >= 15 is 0 Å². The molecule has 2 rings (SSSR count). The van der Waals surface area contributed by atoms with Crippen LogP contribution in [0.4, 0.5) is 5.69 Å². The van der Waals surface area contributed by atoms with E-state index in [1.54, 1.807) is 49.2 Å². The van der Waals surface area contributed by atoms with E-state index in [1.807, 2.05) is 0 Å². The molecular weight excluding hydrogens is 504 g/mol. The summed E-state index contributed by atoms with van der Waals surface area (Å²) in [5.74, 6) is -0.597. The third kappa shape index (κ3) is 9.20. The maximum Gasteiger partial charge on any atom is 0.339 e. The van der Waals surface area contributed by atoms with Gasteiger partial charge in [0.2, 0.25) is 5.91 Å². The molecule has 0 aliphatic heterocycles. The molecule has 0 radical (unpaired) electrons. The lowest BCUT2D eigenvalue weighted by atomic mass is 10.0. The summed E-state index contributed by atoms with van der Waals surface area (Å²) in [6, 6.07) is 9.46. The molecule has 0 spiro atoms. The zero-order valence-electron chi connectivity index (χ0n) is 23.1. The van der Waals surface area contributed by atoms with Crippen molar-refractivity contribution >= 4 is 33.5 Å². The molecular formula is C29H40N2O6S. The number of nitrogens with one attached hydrogen (secondary N) is 1. The van der Waals surface area contributed by atoms with Gasteiger partial charge in [0.25, 0.3) is 0 Å². The molecule has 0 saturated carbocycles. The molecule has 0 heterocycles. The maximum absolute atomic E-state index is 12.8. The maximum atomic E-state index is 12.8. The first kappa shape index (κ1) is 30.9. The molecule has 0 aromatic heterocycles. The van der Waals surface area contributed by atoms with Crippen LogP contribution >= 0.6 is 0 Å². The van der Waals surface area contributed by atoms with E-state index in [9.17, 15) is 18.0 Å². The first-order chi connectivity index (χ1) is 18.1. The Morgan fingerprint density at radius 3 is 2.29 bits per heavy atom. The second-order valence-corrected chi connectivity index (χ2v) is 11.2. The van der Waals surface area contributed by atoms with Gasteiger partial charge in [0.15, 0.2) is 9.84 Å². The molecule has 0 fully saturated rings. The van der Waals surface area contributed by atoms with Crippen molar-refractivity contribution in [1.82, 2.24) is 4.90 Å². The number of amides is 1. The van der Waals surface area contributed by atoms with E-state index in [-0.39, 0.29) is 16.4 Å². The van der Waals surface area contributed by atoms with Gasteiger partial charge >= 0.3 is 5.97 Å². The lowest BCUT2D eigenvalue weighted by molar-refractivity contribution is -0.124. The minimum atomic E-state index is -3.69. The van der Waals surface area contributed by atoms with Crippen molar-refractivity contribution in [3.8, 4) is 5.75 Å². The minimum absolute atomic E-state index is 0.122. The predicted octanol–water partition coefficient (Wildman–Crippen LogP) is 5.47. The largest absolute Gasteiger partial charge is 0.497 e. The van der Waals surface area contributed by atoms with Crippen molar-refractivity contribution in [1.29, 1.82) is 0 Å². The normalized spacial score (nSPS) is 11.4. The monoisotopic (exact) mass is 544 g/mol. The molecule has 208 valence electrons. The standard InChI is InChI=1S/C29H40N2O6S/c1-6-7-8-9-10-11-18-31(3)27(32)17-12-23-19-22(2)28(26(20-23)29(33)37-5)30-21-38(34,35)25-15-13-24(36-4)14-16-25/h12-17,19-20,30H,6-11,18,21H2,1-5H3/b17-12+. The quantitative estimate of drug-likeness (QED) is 0.180. The summed E-state index contributed by atoms with van der Waals surface area (Å²) in [5, 5.41) is 2.90. The number of aryl methyl sites for hydroxylation is 1. The summed E-state index contributed by atoms with van der Waals surface area (Å²) >= 11 is 0. The Morgan fingerprint density at radius 2 is 1.66 bits per heavy atom. The smallest absolute Gasteiger partial charge is 0.339 e. The van der Waals surface area contributed by atoms with Crippen LogP contribution < -0.4 is 10.1 Å². The zero-order chi connectivity index (χ0) is 28.1.